The maximum Gasteiger partial charge on any atom is 0.306 e. The molecular formula is C15H18N2O3. The summed E-state index contributed by atoms with van der Waals surface area (Å²) in [4.78, 5) is 23.1. The monoisotopic (exact) mass is 274 g/mol. The van der Waals surface area contributed by atoms with Gasteiger partial charge in [0.2, 0.25) is 5.91 Å². The number of carboxylic acid groups (broad SMARTS) is 1. The number of amides is 1. The fourth-order valence-electron chi connectivity index (χ4n) is 3.09. The first-order valence-electron chi connectivity index (χ1n) is 7.01. The topological polar surface area (TPSA) is 78.4 Å². The molecule has 20 heavy (non-hydrogen) atoms. The molecule has 5 nitrogen and oxygen atoms in total. The van der Waals surface area contributed by atoms with Crippen LogP contribution in [0.3, 0.4) is 0 Å². The maximum atomic E-state index is 12.2. The van der Waals surface area contributed by atoms with Gasteiger partial charge in [0.15, 0.2) is 0 Å². The van der Waals surface area contributed by atoms with Crippen LogP contribution in [0.15, 0.2) is 24.3 Å². The molecule has 1 aromatic rings. The van der Waals surface area contributed by atoms with E-state index in [1.165, 1.54) is 0 Å². The summed E-state index contributed by atoms with van der Waals surface area (Å²) < 4.78 is 0. The summed E-state index contributed by atoms with van der Waals surface area (Å²) in [6.45, 7) is 0. The molecule has 0 radical (unpaired) electrons. The Labute approximate surface area is 117 Å². The van der Waals surface area contributed by atoms with E-state index in [2.05, 4.69) is 10.6 Å². The van der Waals surface area contributed by atoms with Crippen LogP contribution in [0.4, 0.5) is 5.69 Å². The second kappa shape index (κ2) is 5.15. The van der Waals surface area contributed by atoms with E-state index in [9.17, 15) is 9.59 Å². The van der Waals surface area contributed by atoms with Crippen LogP contribution in [-0.2, 0) is 16.0 Å². The van der Waals surface area contributed by atoms with Gasteiger partial charge in [0.25, 0.3) is 0 Å². The summed E-state index contributed by atoms with van der Waals surface area (Å²) in [6.07, 6.45) is 2.64. The first kappa shape index (κ1) is 13.0. The lowest BCUT2D eigenvalue weighted by molar-refractivity contribution is -0.141. The minimum Gasteiger partial charge on any atom is -0.481 e. The number of nitrogens with one attached hydrogen (secondary N) is 2. The Hall–Kier alpha value is -2.04. The predicted molar refractivity (Wildman–Crippen MR) is 74.5 cm³/mol. The van der Waals surface area contributed by atoms with Gasteiger partial charge < -0.3 is 15.7 Å². The molecule has 5 heteroatoms. The van der Waals surface area contributed by atoms with Crippen LogP contribution in [0, 0.1) is 5.92 Å². The van der Waals surface area contributed by atoms with Crippen LogP contribution >= 0.6 is 0 Å². The molecule has 1 aliphatic heterocycles. The quantitative estimate of drug-likeness (QED) is 0.778. The van der Waals surface area contributed by atoms with E-state index in [0.29, 0.717) is 19.3 Å². The zero-order valence-corrected chi connectivity index (χ0v) is 11.1. The van der Waals surface area contributed by atoms with Crippen LogP contribution in [0.5, 0.6) is 0 Å². The van der Waals surface area contributed by atoms with Gasteiger partial charge >= 0.3 is 5.97 Å². The molecule has 1 heterocycles. The molecule has 106 valence electrons. The van der Waals surface area contributed by atoms with E-state index >= 15 is 0 Å². The number of fused-ring (bicyclic) bond motifs is 1. The average molecular weight is 274 g/mol. The van der Waals surface area contributed by atoms with Crippen LogP contribution in [0.2, 0.25) is 0 Å². The summed E-state index contributed by atoms with van der Waals surface area (Å²) in [6, 6.07) is 7.66. The smallest absolute Gasteiger partial charge is 0.306 e. The van der Waals surface area contributed by atoms with Crippen LogP contribution < -0.4 is 10.6 Å². The van der Waals surface area contributed by atoms with E-state index in [4.69, 9.17) is 5.11 Å². The lowest BCUT2D eigenvalue weighted by Crippen LogP contribution is -2.43. The van der Waals surface area contributed by atoms with Crippen molar-refractivity contribution in [2.45, 2.75) is 37.8 Å². The minimum absolute atomic E-state index is 0.00545. The van der Waals surface area contributed by atoms with E-state index in [-0.39, 0.29) is 23.9 Å². The van der Waals surface area contributed by atoms with Crippen molar-refractivity contribution in [2.24, 2.45) is 5.92 Å². The van der Waals surface area contributed by atoms with Crippen LogP contribution in [0.25, 0.3) is 0 Å². The van der Waals surface area contributed by atoms with E-state index in [1.54, 1.807) is 0 Å². The number of carbonyl (C=O) groups is 2. The molecule has 1 fully saturated rings. The van der Waals surface area contributed by atoms with Gasteiger partial charge in [-0.15, -0.1) is 0 Å². The summed E-state index contributed by atoms with van der Waals surface area (Å²) in [5.74, 6) is -1.10. The number of para-hydroxylation sites is 1. The zero-order valence-electron chi connectivity index (χ0n) is 11.1. The van der Waals surface area contributed by atoms with Gasteiger partial charge in [0.1, 0.15) is 6.04 Å². The van der Waals surface area contributed by atoms with E-state index in [1.807, 2.05) is 24.3 Å². The summed E-state index contributed by atoms with van der Waals surface area (Å²) in [5.41, 5.74) is 2.17. The third kappa shape index (κ3) is 2.48. The molecule has 0 aromatic heterocycles. The molecule has 3 rings (SSSR count). The van der Waals surface area contributed by atoms with Gasteiger partial charge in [0.05, 0.1) is 5.92 Å². The van der Waals surface area contributed by atoms with Gasteiger partial charge in [-0.05, 0) is 30.9 Å². The van der Waals surface area contributed by atoms with Crippen molar-refractivity contribution in [1.82, 2.24) is 5.32 Å². The van der Waals surface area contributed by atoms with Gasteiger partial charge in [-0.1, -0.05) is 18.2 Å². The zero-order chi connectivity index (χ0) is 14.1. The van der Waals surface area contributed by atoms with Crippen LogP contribution in [-0.4, -0.2) is 29.1 Å². The summed E-state index contributed by atoms with van der Waals surface area (Å²) in [7, 11) is 0. The third-order valence-corrected chi connectivity index (χ3v) is 4.22. The molecule has 1 amide bonds. The fraction of sp³-hybridized carbons (Fsp3) is 0.467. The van der Waals surface area contributed by atoms with E-state index < -0.39 is 5.97 Å². The average Bonchev–Trinajstić information content (AvgIpc) is 3.04. The number of carboxylic acids is 1. The number of benzene rings is 1. The molecule has 3 atom stereocenters. The molecule has 1 aliphatic carbocycles. The van der Waals surface area contributed by atoms with Gasteiger partial charge in [-0.25, -0.2) is 0 Å². The van der Waals surface area contributed by atoms with Gasteiger partial charge in [0, 0.05) is 18.2 Å². The predicted octanol–water partition coefficient (Wildman–Crippen LogP) is 1.39. The molecular weight excluding hydrogens is 256 g/mol. The highest BCUT2D eigenvalue weighted by atomic mass is 16.4. The maximum absolute atomic E-state index is 12.2. The fourth-order valence-corrected chi connectivity index (χ4v) is 3.09. The Bertz CT molecular complexity index is 519. The number of hydrogen-bond acceptors (Lipinski definition) is 3. The Balaban J connectivity index is 1.56. The number of anilines is 1. The highest BCUT2D eigenvalue weighted by molar-refractivity contribution is 5.87. The molecule has 0 saturated heterocycles. The molecule has 1 saturated carbocycles. The van der Waals surface area contributed by atoms with Crippen molar-refractivity contribution in [2.75, 3.05) is 5.32 Å². The molecule has 3 unspecified atom stereocenters. The first-order chi connectivity index (χ1) is 9.63. The van der Waals surface area contributed by atoms with E-state index in [0.717, 1.165) is 17.7 Å². The van der Waals surface area contributed by atoms with Crippen molar-refractivity contribution in [3.05, 3.63) is 29.8 Å². The minimum atomic E-state index is -0.756. The number of carbonyl (C=O) groups excluding carboxylic acids is 1. The molecule has 1 aromatic carbocycles. The third-order valence-electron chi connectivity index (χ3n) is 4.22. The highest BCUT2D eigenvalue weighted by Crippen LogP contribution is 2.28. The van der Waals surface area contributed by atoms with Crippen molar-refractivity contribution in [3.8, 4) is 0 Å². The number of aliphatic carboxylic acids is 1. The highest BCUT2D eigenvalue weighted by Gasteiger charge is 2.33. The first-order valence-corrected chi connectivity index (χ1v) is 7.01. The van der Waals surface area contributed by atoms with Crippen molar-refractivity contribution in [3.63, 3.8) is 0 Å². The lowest BCUT2D eigenvalue weighted by atomic mass is 10.1. The lowest BCUT2D eigenvalue weighted by Gasteiger charge is -2.16. The summed E-state index contributed by atoms with van der Waals surface area (Å²) in [5, 5.41) is 15.2. The Morgan fingerprint density at radius 3 is 2.75 bits per heavy atom. The summed E-state index contributed by atoms with van der Waals surface area (Å²) >= 11 is 0. The molecule has 2 aliphatic rings. The Morgan fingerprint density at radius 1 is 1.25 bits per heavy atom. The normalized spacial score (nSPS) is 27.7. The van der Waals surface area contributed by atoms with Crippen molar-refractivity contribution >= 4 is 17.6 Å². The van der Waals surface area contributed by atoms with Crippen molar-refractivity contribution < 1.29 is 14.7 Å². The molecule has 0 bridgehead atoms. The van der Waals surface area contributed by atoms with Gasteiger partial charge in [-0.2, -0.15) is 0 Å². The largest absolute Gasteiger partial charge is 0.481 e. The molecule has 0 spiro atoms. The van der Waals surface area contributed by atoms with Crippen molar-refractivity contribution in [1.29, 1.82) is 0 Å². The number of hydrogen-bond donors (Lipinski definition) is 3. The van der Waals surface area contributed by atoms with Gasteiger partial charge in [-0.3, -0.25) is 9.59 Å². The Kier molecular flexibility index (Phi) is 3.34. The Morgan fingerprint density at radius 2 is 2.05 bits per heavy atom. The molecule has 3 N–H and O–H groups in total. The second-order valence-electron chi connectivity index (χ2n) is 5.61. The SMILES string of the molecule is O=C(O)C1CCC(NC(=O)C2Cc3ccccc3N2)C1. The van der Waals surface area contributed by atoms with Crippen LogP contribution in [0.1, 0.15) is 24.8 Å². The standard InChI is InChI=1S/C15H18N2O3/c18-14(16-11-6-5-10(7-11)15(19)20)13-8-9-3-1-2-4-12(9)17-13/h1-4,10-11,13,17H,5-8H2,(H,16,18)(H,19,20). The number of rotatable bonds is 3. The second-order valence-corrected chi connectivity index (χ2v) is 5.61.